The third kappa shape index (κ3) is 7.93. The van der Waals surface area contributed by atoms with Crippen LogP contribution < -0.4 is 26.8 Å². The van der Waals surface area contributed by atoms with Gasteiger partial charge in [-0.15, -0.1) is 15.6 Å². The average Bonchev–Trinajstić information content (AvgIpc) is 3.50. The van der Waals surface area contributed by atoms with Crippen molar-refractivity contribution in [1.82, 2.24) is 20.7 Å². The molecule has 18 nitrogen and oxygen atoms in total. The monoisotopic (exact) mass is 750 g/mol. The van der Waals surface area contributed by atoms with Crippen LogP contribution in [0.25, 0.3) is 0 Å². The van der Waals surface area contributed by atoms with Gasteiger partial charge >= 0.3 is 16.4 Å². The molecule has 1 aliphatic carbocycles. The summed E-state index contributed by atoms with van der Waals surface area (Å²) in [4.78, 5) is 48.5. The van der Waals surface area contributed by atoms with E-state index in [0.29, 0.717) is 35.3 Å². The number of nitrogens with zero attached hydrogens (tertiary/aromatic N) is 3. The van der Waals surface area contributed by atoms with Gasteiger partial charge in [0.1, 0.15) is 23.3 Å². The molecule has 51 heavy (non-hydrogen) atoms. The van der Waals surface area contributed by atoms with Crippen molar-refractivity contribution in [2.75, 3.05) is 12.3 Å². The number of nitrogens with two attached hydrogens (primary N) is 2. The Morgan fingerprint density at radius 3 is 2.51 bits per heavy atom. The Morgan fingerprint density at radius 2 is 1.94 bits per heavy atom. The van der Waals surface area contributed by atoms with Crippen LogP contribution in [0.1, 0.15) is 76.6 Å². The van der Waals surface area contributed by atoms with Crippen molar-refractivity contribution in [2.45, 2.75) is 95.0 Å². The highest BCUT2D eigenvalue weighted by Crippen LogP contribution is 2.36. The average molecular weight is 751 g/mol. The van der Waals surface area contributed by atoms with Crippen LogP contribution in [0.5, 0.6) is 5.75 Å². The zero-order chi connectivity index (χ0) is 37.5. The van der Waals surface area contributed by atoms with Gasteiger partial charge in [0, 0.05) is 16.5 Å². The zero-order valence-electron chi connectivity index (χ0n) is 28.5. The molecular formula is C31H42N8O10S2. The number of benzene rings is 1. The number of hydrogen-bond donors (Lipinski definition) is 7. The first-order valence-electron chi connectivity index (χ1n) is 16.2. The predicted octanol–water partition coefficient (Wildman–Crippen LogP) is 1.35. The minimum atomic E-state index is -5.03. The third-order valence-corrected chi connectivity index (χ3v) is 10.7. The van der Waals surface area contributed by atoms with E-state index in [1.54, 1.807) is 12.1 Å². The number of fused-ring (bicyclic) bond motifs is 1. The summed E-state index contributed by atoms with van der Waals surface area (Å²) in [6.45, 7) is 6.76. The number of oxime groups is 1. The molecule has 2 amide bonds. The summed E-state index contributed by atoms with van der Waals surface area (Å²) in [5.41, 5.74) is 8.66. The largest absolute Gasteiger partial charge is 0.485 e. The molecule has 3 atom stereocenters. The minimum Gasteiger partial charge on any atom is -0.485 e. The number of rotatable bonds is 12. The van der Waals surface area contributed by atoms with E-state index >= 15 is 0 Å². The van der Waals surface area contributed by atoms with Gasteiger partial charge < -0.3 is 36.8 Å². The lowest BCUT2D eigenvalue weighted by Gasteiger charge is -2.50. The number of hydrogen-bond acceptors (Lipinski definition) is 14. The molecule has 1 aromatic carbocycles. The van der Waals surface area contributed by atoms with Crippen molar-refractivity contribution in [2.24, 2.45) is 16.8 Å². The first-order chi connectivity index (χ1) is 23.8. The number of carboxylic acids is 1. The quantitative estimate of drug-likeness (QED) is 0.0530. The summed E-state index contributed by atoms with van der Waals surface area (Å²) in [5.74, 6) is -2.27. The molecule has 3 aliphatic rings. The number of aryl methyl sites for hydroxylation is 1. The standard InChI is InChI=1S/C31H42N8O10S2/c1-29(2)23(26(41)39(29)49-51(44,45)46)36-25(40)22(19-15-50-28(34)35-19)38-48-31(4,27(42)43)21-8-6-17-13-18(5-7-20(17)47-21)24(33)37-30(3)11-9-16(14-32)10-12-30/h5,7,13,15-16,21,23H,6,8-12,14,32H2,1-4H3,(H2,33,37)(H2,34,35)(H,36,40)(H,42,43)(H,44,45,46)/b38-22-/t16-,21-,23-,30-,31+/m1/s1. The number of ether oxygens (including phenoxy) is 1. The van der Waals surface area contributed by atoms with Crippen LogP contribution >= 0.6 is 11.3 Å². The molecule has 0 spiro atoms. The van der Waals surface area contributed by atoms with Crippen molar-refractivity contribution < 1.29 is 46.3 Å². The summed E-state index contributed by atoms with van der Waals surface area (Å²) in [6, 6.07) is 3.90. The number of anilines is 1. The van der Waals surface area contributed by atoms with Crippen molar-refractivity contribution in [3.63, 3.8) is 0 Å². The number of amides is 2. The van der Waals surface area contributed by atoms with Gasteiger partial charge in [0.2, 0.25) is 0 Å². The van der Waals surface area contributed by atoms with Crippen LogP contribution in [0.2, 0.25) is 0 Å². The summed E-state index contributed by atoms with van der Waals surface area (Å²) >= 11 is 0.965. The Hall–Kier alpha value is -4.37. The molecule has 9 N–H and O–H groups in total. The minimum absolute atomic E-state index is 0.0576. The number of nitrogens with one attached hydrogen (secondary N) is 3. The Kier molecular flexibility index (Phi) is 10.4. The van der Waals surface area contributed by atoms with E-state index in [4.69, 9.17) is 31.0 Å². The van der Waals surface area contributed by atoms with E-state index in [9.17, 15) is 27.9 Å². The number of carbonyl (C=O) groups is 3. The van der Waals surface area contributed by atoms with Gasteiger partial charge in [-0.1, -0.05) is 5.16 Å². The smallest absolute Gasteiger partial charge is 0.418 e. The fraction of sp³-hybridized carbons (Fsp3) is 0.548. The number of amidine groups is 1. The number of carboxylic acid groups (broad SMARTS) is 1. The number of aliphatic carboxylic acids is 1. The normalized spacial score (nSPS) is 25.8. The maximum absolute atomic E-state index is 13.5. The predicted molar refractivity (Wildman–Crippen MR) is 184 cm³/mol. The first-order valence-corrected chi connectivity index (χ1v) is 18.4. The molecule has 1 aromatic heterocycles. The van der Waals surface area contributed by atoms with Gasteiger partial charge in [0.15, 0.2) is 16.9 Å². The van der Waals surface area contributed by atoms with Crippen LogP contribution in [0, 0.1) is 11.3 Å². The van der Waals surface area contributed by atoms with Gasteiger partial charge in [-0.25, -0.2) is 9.78 Å². The topological polar surface area (TPSA) is 282 Å². The molecule has 1 saturated carbocycles. The van der Waals surface area contributed by atoms with Crippen LogP contribution in [-0.2, 0) is 40.3 Å². The van der Waals surface area contributed by atoms with E-state index in [1.807, 2.05) is 6.07 Å². The van der Waals surface area contributed by atoms with Gasteiger partial charge in [0.25, 0.3) is 17.4 Å². The van der Waals surface area contributed by atoms with Crippen molar-refractivity contribution in [1.29, 1.82) is 5.41 Å². The van der Waals surface area contributed by atoms with Crippen LogP contribution in [-0.4, -0.2) is 92.8 Å². The molecule has 5 rings (SSSR count). The lowest BCUT2D eigenvalue weighted by molar-refractivity contribution is -0.218. The van der Waals surface area contributed by atoms with Crippen molar-refractivity contribution >= 4 is 56.2 Å². The Bertz CT molecular complexity index is 1860. The van der Waals surface area contributed by atoms with Gasteiger partial charge in [-0.05, 0) is 102 Å². The molecule has 3 heterocycles. The molecular weight excluding hydrogens is 709 g/mol. The second-order valence-corrected chi connectivity index (χ2v) is 15.8. The van der Waals surface area contributed by atoms with Gasteiger partial charge in [0.05, 0.1) is 5.54 Å². The molecule has 0 radical (unpaired) electrons. The maximum Gasteiger partial charge on any atom is 0.418 e. The van der Waals surface area contributed by atoms with Crippen molar-refractivity contribution in [3.05, 3.63) is 40.4 Å². The molecule has 1 saturated heterocycles. The summed E-state index contributed by atoms with van der Waals surface area (Å²) < 4.78 is 41.8. The molecule has 278 valence electrons. The van der Waals surface area contributed by atoms with E-state index in [-0.39, 0.29) is 28.6 Å². The third-order valence-electron chi connectivity index (χ3n) is 9.73. The highest BCUT2D eigenvalue weighted by Gasteiger charge is 2.58. The lowest BCUT2D eigenvalue weighted by Crippen LogP contribution is -2.76. The molecule has 0 bridgehead atoms. The number of nitrogen functional groups attached to an aromatic ring is 1. The highest BCUT2D eigenvalue weighted by molar-refractivity contribution is 7.80. The second-order valence-electron chi connectivity index (χ2n) is 13.9. The first kappa shape index (κ1) is 37.9. The summed E-state index contributed by atoms with van der Waals surface area (Å²) in [5, 5.41) is 30.6. The zero-order valence-corrected chi connectivity index (χ0v) is 30.1. The van der Waals surface area contributed by atoms with Crippen LogP contribution in [0.15, 0.2) is 28.7 Å². The lowest BCUT2D eigenvalue weighted by atomic mass is 9.77. The number of β-lactam (4-membered cyclic amide) rings is 1. The fourth-order valence-corrected chi connectivity index (χ4v) is 7.38. The number of carbonyl (C=O) groups excluding carboxylic acids is 2. The molecule has 2 aromatic rings. The molecule has 0 unspecified atom stereocenters. The fourth-order valence-electron chi connectivity index (χ4n) is 6.38. The molecule has 20 heteroatoms. The Labute approximate surface area is 298 Å². The van der Waals surface area contributed by atoms with E-state index in [0.717, 1.165) is 42.6 Å². The summed E-state index contributed by atoms with van der Waals surface area (Å²) in [6.07, 6.45) is 3.31. The van der Waals surface area contributed by atoms with Crippen LogP contribution in [0.3, 0.4) is 0 Å². The number of hydroxylamine groups is 2. The van der Waals surface area contributed by atoms with Crippen LogP contribution in [0.4, 0.5) is 5.13 Å². The highest BCUT2D eigenvalue weighted by atomic mass is 32.3. The van der Waals surface area contributed by atoms with Gasteiger partial charge in [-0.3, -0.25) is 19.6 Å². The Balaban J connectivity index is 1.32. The SMILES string of the molecule is CC1(C)[C@H](NC(=O)/C(=N\O[C@](C)(C(=O)O)[C@H]2CCc3cc(C(=N)N[C@]4(C)CC[C@@H](CN)CC4)ccc3O2)c2csc(N)n2)C(=O)N1OS(=O)(=O)O. The maximum atomic E-state index is 13.5. The summed E-state index contributed by atoms with van der Waals surface area (Å²) in [7, 11) is -5.03. The van der Waals surface area contributed by atoms with Gasteiger partial charge in [-0.2, -0.15) is 13.5 Å². The van der Waals surface area contributed by atoms with E-state index < -0.39 is 57.2 Å². The molecule has 2 aliphatic heterocycles. The number of thiazole rings is 1. The van der Waals surface area contributed by atoms with Crippen molar-refractivity contribution in [3.8, 4) is 5.75 Å². The molecule has 2 fully saturated rings. The van der Waals surface area contributed by atoms with E-state index in [2.05, 4.69) is 32.0 Å². The van der Waals surface area contributed by atoms with E-state index in [1.165, 1.54) is 26.2 Å². The number of aromatic nitrogens is 1. The Morgan fingerprint density at radius 1 is 1.25 bits per heavy atom. The second kappa shape index (κ2) is 14.0.